The number of nitrogens with two attached hydrogens (primary N) is 4. The average molecular weight is 1110 g/mol. The standard InChI is InChI=1S/2C9H17NO5.4C4H6N4O3.Ca/c2*1-9(2,5-11)7(14)8(15)10-4-3-6(12)13;4*5-3(10)6-1-2(9)8-4(11)7-1;/h2*7,11,14H,3-5H2,1-2H3,(H,10,15)(H,12,13);4*1H,(H3,5,6,10)(H2,7,8,9,11);/q;;;;;;+2/p-2/t2*7-;;;;;/m11...../s1. The molecule has 4 aliphatic rings. The number of carboxylic acids is 2. The second-order valence-electron chi connectivity index (χ2n) is 15.5. The molecule has 4 heterocycles. The zero-order chi connectivity index (χ0) is 57.8. The molecule has 0 aromatic carbocycles. The predicted octanol–water partition coefficient (Wildman–Crippen LogP) is -13.9. The molecular formula is C34H56CaN18O22. The van der Waals surface area contributed by atoms with Crippen LogP contribution in [0, 0.1) is 10.8 Å². The monoisotopic (exact) mass is 1110 g/mol. The van der Waals surface area contributed by atoms with E-state index in [0.29, 0.717) is 0 Å². The number of carboxylic acid groups (broad SMARTS) is 2. The Balaban J connectivity index is -0.000000831. The molecule has 4 saturated heterocycles. The van der Waals surface area contributed by atoms with Gasteiger partial charge in [-0.25, -0.2) is 38.4 Å². The Bertz CT molecular complexity index is 1910. The number of carbonyl (C=O) groups is 16. The first-order chi connectivity index (χ1) is 34.0. The molecule has 4 aliphatic heterocycles. The predicted molar refractivity (Wildman–Crippen MR) is 237 cm³/mol. The molecule has 0 aliphatic carbocycles. The number of aliphatic carboxylic acids is 2. The van der Waals surface area contributed by atoms with Crippen molar-refractivity contribution >= 4 is 133 Å². The van der Waals surface area contributed by atoms with E-state index in [0.717, 1.165) is 0 Å². The molecule has 4 rings (SSSR count). The van der Waals surface area contributed by atoms with Crippen LogP contribution in [0.15, 0.2) is 0 Å². The summed E-state index contributed by atoms with van der Waals surface area (Å²) in [7, 11) is 0. The second kappa shape index (κ2) is 34.3. The molecule has 75 heavy (non-hydrogen) atoms. The number of urea groups is 8. The minimum Gasteiger partial charge on any atom is -0.550 e. The van der Waals surface area contributed by atoms with Crippen LogP contribution in [-0.2, 0) is 38.4 Å². The van der Waals surface area contributed by atoms with Crippen molar-refractivity contribution in [1.29, 1.82) is 0 Å². The van der Waals surface area contributed by atoms with Crippen LogP contribution >= 0.6 is 0 Å². The maximum absolute atomic E-state index is 11.2. The number of hydrogen-bond acceptors (Lipinski definition) is 22. The molecule has 40 nitrogen and oxygen atoms in total. The van der Waals surface area contributed by atoms with Gasteiger partial charge in [0.2, 0.25) is 11.8 Å². The van der Waals surface area contributed by atoms with Gasteiger partial charge in [-0.2, -0.15) is 0 Å². The van der Waals surface area contributed by atoms with E-state index >= 15 is 0 Å². The van der Waals surface area contributed by atoms with Crippen molar-refractivity contribution in [3.05, 3.63) is 0 Å². The molecule has 0 radical (unpaired) electrons. The summed E-state index contributed by atoms with van der Waals surface area (Å²) in [5.41, 5.74) is 16.9. The van der Waals surface area contributed by atoms with Gasteiger partial charge in [0.1, 0.15) is 12.2 Å². The van der Waals surface area contributed by atoms with Gasteiger partial charge in [0.05, 0.1) is 13.2 Å². The fourth-order valence-electron chi connectivity index (χ4n) is 4.29. The smallest absolute Gasteiger partial charge is 0.550 e. The van der Waals surface area contributed by atoms with E-state index in [1.807, 2.05) is 42.5 Å². The third kappa shape index (κ3) is 30.5. The SMILES string of the molecule is CC(C)(CO)[C@H](O)C(=O)NCCC(=O)[O-].CC(C)(CO)[C@H](O)C(=O)NCCC(=O)[O-].NC(=O)NC1NC(=O)NC1=O.NC(=O)NC1NC(=O)NC1=O.NC(=O)NC1NC(=O)NC1=O.NC(=O)NC1NC(=O)NC1=O.[Ca+2]. The van der Waals surface area contributed by atoms with Gasteiger partial charge in [0, 0.05) is 48.7 Å². The maximum atomic E-state index is 11.2. The Labute approximate surface area is 450 Å². The molecule has 0 bridgehead atoms. The minimum absolute atomic E-state index is 0. The maximum Gasteiger partial charge on any atom is 2.00 e. The fraction of sp³-hybridized carbons (Fsp3) is 0.529. The van der Waals surface area contributed by atoms with E-state index in [1.54, 1.807) is 0 Å². The number of rotatable bonds is 16. The number of amides is 22. The summed E-state index contributed by atoms with van der Waals surface area (Å²) in [5.74, 6) is -6.41. The van der Waals surface area contributed by atoms with Gasteiger partial charge >= 0.3 is 86.0 Å². The van der Waals surface area contributed by atoms with Crippen LogP contribution in [-0.4, -0.2) is 217 Å². The molecule has 0 aromatic heterocycles. The number of aliphatic hydroxyl groups is 4. The van der Waals surface area contributed by atoms with Crippen molar-refractivity contribution < 1.29 is 107 Å². The Morgan fingerprint density at radius 3 is 0.813 bits per heavy atom. The number of imide groups is 4. The van der Waals surface area contributed by atoms with Crippen molar-refractivity contribution in [2.75, 3.05) is 26.3 Å². The summed E-state index contributed by atoms with van der Waals surface area (Å²) in [6, 6.07) is -6.05. The van der Waals surface area contributed by atoms with Gasteiger partial charge in [-0.1, -0.05) is 27.7 Å². The average Bonchev–Trinajstić information content (AvgIpc) is 3.98. The summed E-state index contributed by atoms with van der Waals surface area (Å²) in [6.45, 7) is 5.21. The molecule has 6 atom stereocenters. The number of carbonyl (C=O) groups excluding carboxylic acids is 16. The Hall–Kier alpha value is -8.18. The van der Waals surface area contributed by atoms with E-state index in [4.69, 9.17) is 33.1 Å². The van der Waals surface area contributed by atoms with E-state index in [1.165, 1.54) is 27.7 Å². The van der Waals surface area contributed by atoms with Crippen LogP contribution < -0.4 is 108 Å². The summed E-state index contributed by atoms with van der Waals surface area (Å²) < 4.78 is 0. The van der Waals surface area contributed by atoms with Crippen LogP contribution in [0.25, 0.3) is 0 Å². The van der Waals surface area contributed by atoms with Crippen LogP contribution in [0.4, 0.5) is 38.4 Å². The molecule has 4 fully saturated rings. The molecule has 0 aromatic rings. The molecule has 41 heteroatoms. The topological polar surface area (TPSA) is 673 Å². The van der Waals surface area contributed by atoms with Gasteiger partial charge in [-0.3, -0.25) is 50.0 Å². The quantitative estimate of drug-likeness (QED) is 0.0504. The Kier molecular flexibility index (Phi) is 32.5. The Morgan fingerprint density at radius 1 is 0.480 bits per heavy atom. The van der Waals surface area contributed by atoms with E-state index in [9.17, 15) is 97.1 Å². The normalized spacial score (nSPS) is 18.5. The third-order valence-corrected chi connectivity index (χ3v) is 8.29. The first-order valence-electron chi connectivity index (χ1n) is 20.2. The first-order valence-corrected chi connectivity index (χ1v) is 20.2. The molecule has 0 spiro atoms. The van der Waals surface area contributed by atoms with Gasteiger partial charge in [-0.15, -0.1) is 0 Å². The van der Waals surface area contributed by atoms with Gasteiger partial charge in [0.25, 0.3) is 23.6 Å². The molecular weight excluding hydrogens is 1050 g/mol. The van der Waals surface area contributed by atoms with Crippen molar-refractivity contribution in [2.24, 2.45) is 33.8 Å². The van der Waals surface area contributed by atoms with Crippen molar-refractivity contribution in [3.63, 3.8) is 0 Å². The van der Waals surface area contributed by atoms with E-state index in [-0.39, 0.29) is 76.9 Å². The summed E-state index contributed by atoms with van der Waals surface area (Å²) in [6.07, 6.45) is -7.52. The van der Waals surface area contributed by atoms with Crippen LogP contribution in [0.2, 0.25) is 0 Å². The summed E-state index contributed by atoms with van der Waals surface area (Å²) in [4.78, 5) is 168. The molecule has 4 unspecified atom stereocenters. The number of hydrogen-bond donors (Lipinski definition) is 22. The Morgan fingerprint density at radius 2 is 0.680 bits per heavy atom. The van der Waals surface area contributed by atoms with Crippen molar-refractivity contribution in [2.45, 2.75) is 77.4 Å². The number of primary amides is 4. The molecule has 416 valence electrons. The number of aliphatic hydroxyl groups excluding tert-OH is 4. The van der Waals surface area contributed by atoms with Crippen molar-refractivity contribution in [1.82, 2.24) is 74.4 Å². The zero-order valence-corrected chi connectivity index (χ0v) is 42.1. The number of nitrogens with one attached hydrogen (secondary N) is 14. The summed E-state index contributed by atoms with van der Waals surface area (Å²) in [5, 5.41) is 85.5. The van der Waals surface area contributed by atoms with E-state index < -0.39 is 143 Å². The van der Waals surface area contributed by atoms with Crippen LogP contribution in [0.3, 0.4) is 0 Å². The second-order valence-corrected chi connectivity index (χ2v) is 15.5. The fourth-order valence-corrected chi connectivity index (χ4v) is 4.29. The minimum atomic E-state index is -1.37. The van der Waals surface area contributed by atoms with Crippen LogP contribution in [0.1, 0.15) is 40.5 Å². The van der Waals surface area contributed by atoms with Gasteiger partial charge in [0.15, 0.2) is 24.7 Å². The molecule has 0 saturated carbocycles. The van der Waals surface area contributed by atoms with E-state index in [2.05, 4.69) is 31.9 Å². The first kappa shape index (κ1) is 71.1. The molecule has 26 N–H and O–H groups in total. The van der Waals surface area contributed by atoms with Crippen molar-refractivity contribution in [3.8, 4) is 0 Å². The van der Waals surface area contributed by atoms with Gasteiger partial charge in [-0.05, 0) is 0 Å². The third-order valence-electron chi connectivity index (χ3n) is 8.29. The zero-order valence-electron chi connectivity index (χ0n) is 39.9. The molecule has 22 amide bonds. The van der Waals surface area contributed by atoms with Gasteiger partial charge < -0.3 is 116 Å². The van der Waals surface area contributed by atoms with Crippen LogP contribution in [0.5, 0.6) is 0 Å². The largest absolute Gasteiger partial charge is 2.00 e. The summed E-state index contributed by atoms with van der Waals surface area (Å²) >= 11 is 0.